The van der Waals surface area contributed by atoms with Gasteiger partial charge in [0.2, 0.25) is 0 Å². The zero-order valence-electron chi connectivity index (χ0n) is 20.6. The van der Waals surface area contributed by atoms with Crippen molar-refractivity contribution < 1.29 is 27.9 Å². The van der Waals surface area contributed by atoms with E-state index >= 15 is 0 Å². The molecule has 0 saturated carbocycles. The largest absolute Gasteiger partial charge is 0.481 e. The number of carbonyl (C=O) groups excluding carboxylic acids is 1. The predicted molar refractivity (Wildman–Crippen MR) is 140 cm³/mol. The molecule has 39 heavy (non-hydrogen) atoms. The van der Waals surface area contributed by atoms with Crippen LogP contribution in [0.15, 0.2) is 66.9 Å². The first-order valence-electron chi connectivity index (χ1n) is 11.5. The number of alkyl halides is 3. The molecule has 2 heterocycles. The lowest BCUT2D eigenvalue weighted by molar-refractivity contribution is -0.138. The fraction of sp³-hybridized carbons (Fsp3) is 0.185. The van der Waals surface area contributed by atoms with Gasteiger partial charge in [-0.2, -0.15) is 18.3 Å². The van der Waals surface area contributed by atoms with Crippen molar-refractivity contribution in [2.45, 2.75) is 25.6 Å². The molecule has 0 aliphatic rings. The van der Waals surface area contributed by atoms with E-state index in [2.05, 4.69) is 10.1 Å². The topological polar surface area (TPSA) is 88.3 Å². The average molecular weight is 577 g/mol. The van der Waals surface area contributed by atoms with Crippen LogP contribution in [-0.2, 0) is 17.4 Å². The minimum atomic E-state index is -4.49. The zero-order valence-corrected chi connectivity index (χ0v) is 22.1. The van der Waals surface area contributed by atoms with Crippen LogP contribution in [0.25, 0.3) is 17.1 Å². The Morgan fingerprint density at radius 2 is 1.69 bits per heavy atom. The monoisotopic (exact) mass is 576 g/mol. The highest BCUT2D eigenvalue weighted by Crippen LogP contribution is 2.34. The van der Waals surface area contributed by atoms with Crippen molar-refractivity contribution in [1.82, 2.24) is 19.7 Å². The lowest BCUT2D eigenvalue weighted by atomic mass is 10.0. The number of carboxylic acids is 1. The maximum absolute atomic E-state index is 13.8. The van der Waals surface area contributed by atoms with E-state index in [4.69, 9.17) is 23.2 Å². The van der Waals surface area contributed by atoms with Gasteiger partial charge in [-0.1, -0.05) is 47.5 Å². The maximum Gasteiger partial charge on any atom is 0.416 e. The third kappa shape index (κ3) is 5.91. The lowest BCUT2D eigenvalue weighted by Crippen LogP contribution is -2.31. The fourth-order valence-electron chi connectivity index (χ4n) is 4.05. The molecule has 4 rings (SSSR count). The van der Waals surface area contributed by atoms with Gasteiger partial charge < -0.3 is 10.0 Å². The average Bonchev–Trinajstić information content (AvgIpc) is 3.25. The third-order valence-electron chi connectivity index (χ3n) is 6.19. The molecule has 0 aliphatic carbocycles. The van der Waals surface area contributed by atoms with E-state index in [1.165, 1.54) is 35.0 Å². The first kappa shape index (κ1) is 28.1. The number of pyridine rings is 1. The molecule has 12 heteroatoms. The number of hydrogen-bond donors (Lipinski definition) is 1. The second-order valence-electron chi connectivity index (χ2n) is 8.69. The summed E-state index contributed by atoms with van der Waals surface area (Å²) >= 11 is 12.4. The van der Waals surface area contributed by atoms with Crippen LogP contribution in [0.5, 0.6) is 0 Å². The number of hydrogen-bond acceptors (Lipinski definition) is 4. The molecule has 0 fully saturated rings. The number of halogens is 5. The number of aromatic nitrogens is 3. The van der Waals surface area contributed by atoms with Gasteiger partial charge in [-0.3, -0.25) is 9.59 Å². The summed E-state index contributed by atoms with van der Waals surface area (Å²) in [7, 11) is 1.46. The van der Waals surface area contributed by atoms with E-state index in [1.54, 1.807) is 43.3 Å². The van der Waals surface area contributed by atoms with Crippen LogP contribution in [0.2, 0.25) is 10.0 Å². The molecule has 0 aliphatic heterocycles. The Morgan fingerprint density at radius 3 is 2.26 bits per heavy atom. The molecule has 0 bridgehead atoms. The highest BCUT2D eigenvalue weighted by Gasteiger charge is 2.32. The van der Waals surface area contributed by atoms with E-state index in [-0.39, 0.29) is 27.8 Å². The number of nitrogens with zero attached hydrogens (tertiary/aromatic N) is 4. The van der Waals surface area contributed by atoms with Crippen LogP contribution in [0, 0.1) is 0 Å². The van der Waals surface area contributed by atoms with Crippen molar-refractivity contribution in [3.8, 4) is 17.1 Å². The van der Waals surface area contributed by atoms with Crippen LogP contribution in [0.3, 0.4) is 0 Å². The molecule has 7 nitrogen and oxygen atoms in total. The van der Waals surface area contributed by atoms with Gasteiger partial charge in [0.15, 0.2) is 11.5 Å². The fourth-order valence-corrected chi connectivity index (χ4v) is 4.38. The Bertz CT molecular complexity index is 1520. The Hall–Kier alpha value is -3.89. The standard InChI is InChI=1S/C27H21Cl2F3N4O3/c1-15(16-5-9-18(10-6-16)27(30,31)32)35(2)26(39)23-20(14-22(37)38)24(17-7-11-19(28)12-8-17)36(34-23)25-21(29)4-3-13-33-25/h3-13,15H,14H2,1-2H3,(H,37,38)/t15-/m1/s1. The minimum Gasteiger partial charge on any atom is -0.481 e. The quantitative estimate of drug-likeness (QED) is 0.264. The SMILES string of the molecule is C[C@H](c1ccc(C(F)(F)F)cc1)N(C)C(=O)c1nn(-c2ncccc2Cl)c(-c2ccc(Cl)cc2)c1CC(=O)O. The summed E-state index contributed by atoms with van der Waals surface area (Å²) in [5.74, 6) is -1.67. The van der Waals surface area contributed by atoms with Crippen molar-refractivity contribution in [2.75, 3.05) is 7.05 Å². The van der Waals surface area contributed by atoms with Crippen molar-refractivity contribution in [2.24, 2.45) is 0 Å². The van der Waals surface area contributed by atoms with E-state index in [9.17, 15) is 27.9 Å². The van der Waals surface area contributed by atoms with E-state index in [0.29, 0.717) is 16.1 Å². The number of aliphatic carboxylic acids is 1. The van der Waals surface area contributed by atoms with Gasteiger partial charge in [0.1, 0.15) is 0 Å². The molecule has 2 aromatic heterocycles. The molecule has 0 unspecified atom stereocenters. The molecule has 0 radical (unpaired) electrons. The van der Waals surface area contributed by atoms with Gasteiger partial charge >= 0.3 is 12.1 Å². The van der Waals surface area contributed by atoms with Gasteiger partial charge in [-0.15, -0.1) is 0 Å². The first-order valence-corrected chi connectivity index (χ1v) is 12.3. The van der Waals surface area contributed by atoms with Crippen LogP contribution < -0.4 is 0 Å². The summed E-state index contributed by atoms with van der Waals surface area (Å²) in [4.78, 5) is 31.2. The molecular weight excluding hydrogens is 556 g/mol. The molecule has 2 aromatic carbocycles. The molecule has 202 valence electrons. The van der Waals surface area contributed by atoms with Crippen molar-refractivity contribution in [1.29, 1.82) is 0 Å². The van der Waals surface area contributed by atoms with Gasteiger partial charge in [0, 0.05) is 29.4 Å². The number of carboxylic acid groups (broad SMARTS) is 1. The van der Waals surface area contributed by atoms with Gasteiger partial charge in [0.25, 0.3) is 5.91 Å². The molecule has 1 amide bonds. The Kier molecular flexibility index (Phi) is 7.99. The molecule has 1 atom stereocenters. The Balaban J connectivity index is 1.84. The second kappa shape index (κ2) is 11.1. The van der Waals surface area contributed by atoms with Crippen molar-refractivity contribution in [3.05, 3.63) is 99.3 Å². The van der Waals surface area contributed by atoms with Crippen LogP contribution in [0.4, 0.5) is 13.2 Å². The van der Waals surface area contributed by atoms with Gasteiger partial charge in [0.05, 0.1) is 28.7 Å². The van der Waals surface area contributed by atoms with E-state index in [1.807, 2.05) is 0 Å². The summed E-state index contributed by atoms with van der Waals surface area (Å²) in [6, 6.07) is 13.5. The maximum atomic E-state index is 13.8. The van der Waals surface area contributed by atoms with Crippen LogP contribution >= 0.6 is 23.2 Å². The summed E-state index contributed by atoms with van der Waals surface area (Å²) < 4.78 is 40.3. The third-order valence-corrected chi connectivity index (χ3v) is 6.74. The first-order chi connectivity index (χ1) is 18.4. The molecular formula is C27H21Cl2F3N4O3. The van der Waals surface area contributed by atoms with E-state index < -0.39 is 36.1 Å². The van der Waals surface area contributed by atoms with Gasteiger partial charge in [-0.25, -0.2) is 9.67 Å². The Labute approximate surface area is 231 Å². The highest BCUT2D eigenvalue weighted by atomic mass is 35.5. The second-order valence-corrected chi connectivity index (χ2v) is 9.53. The van der Waals surface area contributed by atoms with Crippen LogP contribution in [0.1, 0.15) is 40.1 Å². The highest BCUT2D eigenvalue weighted by molar-refractivity contribution is 6.32. The molecule has 0 saturated heterocycles. The predicted octanol–water partition coefficient (Wildman–Crippen LogP) is 6.72. The molecule has 4 aromatic rings. The summed E-state index contributed by atoms with van der Waals surface area (Å²) in [5, 5.41) is 14.9. The number of amides is 1. The molecule has 0 spiro atoms. The summed E-state index contributed by atoms with van der Waals surface area (Å²) in [6.07, 6.45) is -3.56. The van der Waals surface area contributed by atoms with Crippen molar-refractivity contribution >= 4 is 35.1 Å². The van der Waals surface area contributed by atoms with Crippen LogP contribution in [-0.4, -0.2) is 43.7 Å². The van der Waals surface area contributed by atoms with Crippen molar-refractivity contribution in [3.63, 3.8) is 0 Å². The zero-order chi connectivity index (χ0) is 28.5. The number of benzene rings is 2. The number of carbonyl (C=O) groups is 2. The van der Waals surface area contributed by atoms with E-state index in [0.717, 1.165) is 12.1 Å². The Morgan fingerprint density at radius 1 is 1.05 bits per heavy atom. The molecule has 1 N–H and O–H groups in total. The number of rotatable bonds is 7. The summed E-state index contributed by atoms with van der Waals surface area (Å²) in [6.45, 7) is 1.64. The smallest absolute Gasteiger partial charge is 0.416 e. The summed E-state index contributed by atoms with van der Waals surface area (Å²) in [5.41, 5.74) is 0.392. The lowest BCUT2D eigenvalue weighted by Gasteiger charge is -2.25. The normalized spacial score (nSPS) is 12.3. The minimum absolute atomic E-state index is 0.114. The van der Waals surface area contributed by atoms with Gasteiger partial charge in [-0.05, 0) is 48.9 Å².